The van der Waals surface area contributed by atoms with Crippen LogP contribution in [0.2, 0.25) is 0 Å². The summed E-state index contributed by atoms with van der Waals surface area (Å²) < 4.78 is 10.1. The first-order valence-corrected chi connectivity index (χ1v) is 5.45. The molecule has 8 nitrogen and oxygen atoms in total. The zero-order chi connectivity index (χ0) is 16.8. The number of hydrogen-bond donors (Lipinski definition) is 0. The van der Waals surface area contributed by atoms with Crippen LogP contribution in [-0.2, 0) is 23.9 Å². The Labute approximate surface area is 147 Å². The van der Waals surface area contributed by atoms with Crippen molar-refractivity contribution in [1.29, 1.82) is 0 Å². The summed E-state index contributed by atoms with van der Waals surface area (Å²) in [6.45, 7) is 3.26. The van der Waals surface area contributed by atoms with Crippen molar-refractivity contribution in [2.75, 3.05) is 6.79 Å². The summed E-state index contributed by atoms with van der Waals surface area (Å²) in [6, 6.07) is 0. The van der Waals surface area contributed by atoms with Crippen molar-refractivity contribution in [3.8, 4) is 0 Å². The number of carbonyl (C=O) groups excluding carboxylic acids is 3. The Balaban J connectivity index is -0.000000241. The summed E-state index contributed by atoms with van der Waals surface area (Å²) in [7, 11) is 0. The standard InChI is InChI=1S/C7H5O2.3C2H4O2.Pb/c1-2-4-7-6(3-1)8-5-9-7;3*1-2(3)4;/h1,3-4H,5H2;3*1H3,(H,3,4);/p-3. The molecule has 0 unspecified atom stereocenters. The van der Waals surface area contributed by atoms with Crippen molar-refractivity contribution in [2.45, 2.75) is 20.8 Å². The van der Waals surface area contributed by atoms with Gasteiger partial charge in [0.2, 0.25) is 0 Å². The molecule has 0 aromatic rings. The molecule has 2 aliphatic rings. The van der Waals surface area contributed by atoms with Crippen LogP contribution < -0.4 is 15.3 Å². The minimum atomic E-state index is -1.08. The van der Waals surface area contributed by atoms with Gasteiger partial charge in [0.25, 0.3) is 0 Å². The van der Waals surface area contributed by atoms with E-state index in [1.165, 1.54) is 0 Å². The molecule has 9 heteroatoms. The number of aliphatic carboxylic acids is 3. The van der Waals surface area contributed by atoms with Gasteiger partial charge in [-0.3, -0.25) is 0 Å². The first kappa shape index (κ1) is 25.3. The zero-order valence-corrected chi connectivity index (χ0v) is 16.1. The Morgan fingerprint density at radius 2 is 1.41 bits per heavy atom. The fourth-order valence-corrected chi connectivity index (χ4v) is 0.789. The number of carbonyl (C=O) groups is 3. The molecule has 0 aromatic heterocycles. The molecule has 2 rings (SSSR count). The first-order chi connectivity index (χ1) is 9.66. The Hall–Kier alpha value is -1.65. The minimum absolute atomic E-state index is 0. The number of rotatable bonds is 0. The molecule has 1 heterocycles. The average molecular weight is 505 g/mol. The van der Waals surface area contributed by atoms with Crippen molar-refractivity contribution in [3.63, 3.8) is 0 Å². The number of ether oxygens (including phenoxy) is 2. The molecular formula is C13H14O8Pb-3. The summed E-state index contributed by atoms with van der Waals surface area (Å²) in [5.74, 6) is -2.44. The minimum Gasteiger partial charge on any atom is -0.550 e. The Morgan fingerprint density at radius 3 is 1.77 bits per heavy atom. The quantitative estimate of drug-likeness (QED) is 0.251. The van der Waals surface area contributed by atoms with Gasteiger partial charge >= 0.3 is 0 Å². The Kier molecular flexibility index (Phi) is 18.1. The van der Waals surface area contributed by atoms with Crippen LogP contribution in [-0.4, -0.2) is 52.0 Å². The van der Waals surface area contributed by atoms with Crippen LogP contribution in [0.15, 0.2) is 29.7 Å². The monoisotopic (exact) mass is 506 g/mol. The van der Waals surface area contributed by atoms with Gasteiger partial charge < -0.3 is 39.2 Å². The maximum Gasteiger partial charge on any atom is 0.195 e. The predicted molar refractivity (Wildman–Crippen MR) is 68.8 cm³/mol. The molecule has 0 saturated carbocycles. The molecule has 1 saturated heterocycles. The van der Waals surface area contributed by atoms with E-state index in [2.05, 4.69) is 5.73 Å². The molecule has 0 aromatic carbocycles. The largest absolute Gasteiger partial charge is 0.550 e. The average Bonchev–Trinajstić information content (AvgIpc) is 2.74. The van der Waals surface area contributed by atoms with Crippen LogP contribution in [0.1, 0.15) is 20.8 Å². The maximum atomic E-state index is 8.89. The molecule has 0 amide bonds. The van der Waals surface area contributed by atoms with Crippen molar-refractivity contribution in [1.82, 2.24) is 0 Å². The van der Waals surface area contributed by atoms with Gasteiger partial charge in [0.1, 0.15) is 5.76 Å². The molecule has 0 N–H and O–H groups in total. The van der Waals surface area contributed by atoms with E-state index in [1.54, 1.807) is 12.2 Å². The fourth-order valence-electron chi connectivity index (χ4n) is 0.789. The van der Waals surface area contributed by atoms with Gasteiger partial charge in [0, 0.05) is 51.3 Å². The Morgan fingerprint density at radius 1 is 1.00 bits per heavy atom. The van der Waals surface area contributed by atoms with Gasteiger partial charge in [0.15, 0.2) is 12.9 Å². The second kappa shape index (κ2) is 15.7. The van der Waals surface area contributed by atoms with Crippen molar-refractivity contribution in [2.24, 2.45) is 0 Å². The molecule has 5 radical (unpaired) electrons. The third kappa shape index (κ3) is 23.4. The molecule has 0 atom stereocenters. The third-order valence-corrected chi connectivity index (χ3v) is 1.22. The molecule has 1 aliphatic carbocycles. The van der Waals surface area contributed by atoms with Crippen molar-refractivity contribution < 1.29 is 39.2 Å². The van der Waals surface area contributed by atoms with E-state index in [1.807, 2.05) is 6.08 Å². The van der Waals surface area contributed by atoms with Crippen molar-refractivity contribution >= 4 is 45.2 Å². The molecule has 1 aliphatic heterocycles. The van der Waals surface area contributed by atoms with Gasteiger partial charge in [-0.25, -0.2) is 0 Å². The van der Waals surface area contributed by atoms with Crippen molar-refractivity contribution in [3.05, 3.63) is 35.8 Å². The predicted octanol–water partition coefficient (Wildman–Crippen LogP) is -2.98. The van der Waals surface area contributed by atoms with Crippen LogP contribution in [0.4, 0.5) is 0 Å². The topological polar surface area (TPSA) is 139 Å². The van der Waals surface area contributed by atoms with E-state index < -0.39 is 17.9 Å². The van der Waals surface area contributed by atoms with Gasteiger partial charge in [0.05, 0.1) is 0 Å². The second-order valence-electron chi connectivity index (χ2n) is 3.25. The number of carboxylic acids is 3. The molecule has 121 valence electrons. The van der Waals surface area contributed by atoms with Crippen LogP contribution >= 0.6 is 0 Å². The van der Waals surface area contributed by atoms with E-state index in [9.17, 15) is 0 Å². The Bertz CT molecular complexity index is 408. The SMILES string of the molecule is C1=CC=C2OCO[C]2C=1.CC(=O)[O-].CC(=O)[O-].CC(=O)[O-].[Pb]. The molecular weight excluding hydrogens is 491 g/mol. The third-order valence-electron chi connectivity index (χ3n) is 1.22. The molecule has 22 heavy (non-hydrogen) atoms. The number of fused-ring (bicyclic) bond motifs is 1. The van der Waals surface area contributed by atoms with E-state index in [-0.39, 0.29) is 27.3 Å². The van der Waals surface area contributed by atoms with Crippen LogP contribution in [0.3, 0.4) is 0 Å². The first-order valence-electron chi connectivity index (χ1n) is 5.45. The molecule has 0 bridgehead atoms. The second-order valence-corrected chi connectivity index (χ2v) is 3.25. The van der Waals surface area contributed by atoms with E-state index in [0.29, 0.717) is 6.79 Å². The van der Waals surface area contributed by atoms with Crippen LogP contribution in [0.25, 0.3) is 0 Å². The summed E-state index contributed by atoms with van der Waals surface area (Å²) in [5.41, 5.74) is 2.89. The van der Waals surface area contributed by atoms with Gasteiger partial charge in [-0.1, -0.05) is 0 Å². The number of carboxylic acid groups (broad SMARTS) is 3. The zero-order valence-electron chi connectivity index (χ0n) is 12.2. The molecule has 0 spiro atoms. The van der Waals surface area contributed by atoms with E-state index in [4.69, 9.17) is 39.2 Å². The smallest absolute Gasteiger partial charge is 0.195 e. The van der Waals surface area contributed by atoms with E-state index >= 15 is 0 Å². The summed E-state index contributed by atoms with van der Waals surface area (Å²) >= 11 is 0. The van der Waals surface area contributed by atoms with Crippen LogP contribution in [0.5, 0.6) is 0 Å². The summed E-state index contributed by atoms with van der Waals surface area (Å²) in [4.78, 5) is 26.7. The summed E-state index contributed by atoms with van der Waals surface area (Å²) in [5, 5.41) is 26.7. The summed E-state index contributed by atoms with van der Waals surface area (Å²) in [6.07, 6.45) is 6.19. The normalized spacial score (nSPS) is 13.0. The van der Waals surface area contributed by atoms with Gasteiger partial charge in [-0.05, 0) is 32.9 Å². The number of allylic oxidation sites excluding steroid dienone is 1. The van der Waals surface area contributed by atoms with Gasteiger partial charge in [-0.15, -0.1) is 5.73 Å². The maximum absolute atomic E-state index is 8.89. The van der Waals surface area contributed by atoms with E-state index in [0.717, 1.165) is 32.6 Å². The number of hydrogen-bond acceptors (Lipinski definition) is 8. The fraction of sp³-hybridized carbons (Fsp3) is 0.308. The molecule has 1 fully saturated rings. The van der Waals surface area contributed by atoms with Crippen LogP contribution in [0, 0.1) is 6.10 Å². The van der Waals surface area contributed by atoms with Gasteiger partial charge in [-0.2, -0.15) is 0 Å².